The van der Waals surface area contributed by atoms with Crippen LogP contribution in [0.5, 0.6) is 0 Å². The molecule has 1 aliphatic carbocycles. The van der Waals surface area contributed by atoms with Gasteiger partial charge in [-0.15, -0.1) is 0 Å². The van der Waals surface area contributed by atoms with Gasteiger partial charge in [0.25, 0.3) is 0 Å². The lowest BCUT2D eigenvalue weighted by Gasteiger charge is -2.37. The summed E-state index contributed by atoms with van der Waals surface area (Å²) < 4.78 is 0. The van der Waals surface area contributed by atoms with Crippen molar-refractivity contribution in [1.82, 2.24) is 0 Å². The number of carboxylic acids is 1. The van der Waals surface area contributed by atoms with E-state index in [1.807, 2.05) is 0 Å². The minimum atomic E-state index is -0.728. The maximum absolute atomic E-state index is 11.3. The highest BCUT2D eigenvalue weighted by Gasteiger charge is 2.31. The van der Waals surface area contributed by atoms with Gasteiger partial charge in [0.15, 0.2) is 0 Å². The molecule has 0 heterocycles. The largest absolute Gasteiger partial charge is 0.481 e. The second-order valence-electron chi connectivity index (χ2n) is 9.03. The molecule has 2 rings (SSSR count). The molecule has 0 bridgehead atoms. The van der Waals surface area contributed by atoms with E-state index < -0.39 is 11.4 Å². The first-order valence-electron chi connectivity index (χ1n) is 8.92. The van der Waals surface area contributed by atoms with E-state index in [0.717, 1.165) is 11.5 Å². The minimum Gasteiger partial charge on any atom is -0.481 e. The summed E-state index contributed by atoms with van der Waals surface area (Å²) in [5, 5.41) is 9.33. The lowest BCUT2D eigenvalue weighted by molar-refractivity contribution is -0.146. The first-order chi connectivity index (χ1) is 10.6. The van der Waals surface area contributed by atoms with Crippen molar-refractivity contribution in [2.75, 3.05) is 0 Å². The molecular formula is C21H32O2. The third-order valence-electron chi connectivity index (χ3n) is 5.60. The monoisotopic (exact) mass is 316 g/mol. The van der Waals surface area contributed by atoms with Crippen LogP contribution in [0.15, 0.2) is 24.3 Å². The van der Waals surface area contributed by atoms with E-state index in [1.165, 1.54) is 31.2 Å². The first kappa shape index (κ1) is 18.0. The Morgan fingerprint density at radius 1 is 1.09 bits per heavy atom. The maximum atomic E-state index is 11.3. The van der Waals surface area contributed by atoms with Crippen LogP contribution in [-0.4, -0.2) is 11.1 Å². The fourth-order valence-corrected chi connectivity index (χ4v) is 3.84. The summed E-state index contributed by atoms with van der Waals surface area (Å²) in [7, 11) is 0. The van der Waals surface area contributed by atoms with Crippen LogP contribution in [0, 0.1) is 16.7 Å². The van der Waals surface area contributed by atoms with Crippen molar-refractivity contribution in [3.8, 4) is 0 Å². The topological polar surface area (TPSA) is 37.3 Å². The summed E-state index contributed by atoms with van der Waals surface area (Å²) >= 11 is 0. The lowest BCUT2D eigenvalue weighted by Crippen LogP contribution is -2.26. The summed E-state index contributed by atoms with van der Waals surface area (Å²) in [4.78, 5) is 11.3. The van der Waals surface area contributed by atoms with Crippen LogP contribution in [0.25, 0.3) is 0 Å². The molecule has 23 heavy (non-hydrogen) atoms. The highest BCUT2D eigenvalue weighted by Crippen LogP contribution is 2.43. The molecule has 0 radical (unpaired) electrons. The van der Waals surface area contributed by atoms with Crippen LogP contribution in [0.2, 0.25) is 0 Å². The summed E-state index contributed by atoms with van der Waals surface area (Å²) in [6.45, 7) is 10.7. The van der Waals surface area contributed by atoms with Gasteiger partial charge >= 0.3 is 5.97 Å². The molecule has 1 fully saturated rings. The van der Waals surface area contributed by atoms with Gasteiger partial charge in [0.05, 0.1) is 5.41 Å². The summed E-state index contributed by atoms with van der Waals surface area (Å²) in [5.74, 6) is 0.739. The van der Waals surface area contributed by atoms with Crippen molar-refractivity contribution >= 4 is 5.97 Å². The van der Waals surface area contributed by atoms with E-state index >= 15 is 0 Å². The summed E-state index contributed by atoms with van der Waals surface area (Å²) in [6.07, 6.45) is 5.72. The highest BCUT2D eigenvalue weighted by molar-refractivity contribution is 5.74. The van der Waals surface area contributed by atoms with Crippen LogP contribution >= 0.6 is 0 Å². The molecule has 1 aromatic rings. The van der Waals surface area contributed by atoms with Crippen LogP contribution in [-0.2, 0) is 11.2 Å². The SMILES string of the molecule is CC(C)(Cc1cccc(C2CCC(C(C)(C)C)CC2)c1)C(=O)O. The van der Waals surface area contributed by atoms with Gasteiger partial charge in [-0.1, -0.05) is 45.0 Å². The molecule has 1 aliphatic rings. The van der Waals surface area contributed by atoms with Gasteiger partial charge in [-0.05, 0) is 74.3 Å². The summed E-state index contributed by atoms with van der Waals surface area (Å²) in [6, 6.07) is 8.62. The number of aliphatic carboxylic acids is 1. The van der Waals surface area contributed by atoms with Gasteiger partial charge in [0, 0.05) is 0 Å². The van der Waals surface area contributed by atoms with Gasteiger partial charge in [0.2, 0.25) is 0 Å². The van der Waals surface area contributed by atoms with Crippen molar-refractivity contribution in [1.29, 1.82) is 0 Å². The molecule has 0 aliphatic heterocycles. The average Bonchev–Trinajstić information content (AvgIpc) is 2.46. The van der Waals surface area contributed by atoms with E-state index in [1.54, 1.807) is 13.8 Å². The third kappa shape index (κ3) is 4.59. The molecule has 1 saturated carbocycles. The molecule has 0 amide bonds. The lowest BCUT2D eigenvalue weighted by atomic mass is 9.68. The third-order valence-corrected chi connectivity index (χ3v) is 5.60. The van der Waals surface area contributed by atoms with Crippen molar-refractivity contribution in [2.45, 2.75) is 72.6 Å². The van der Waals surface area contributed by atoms with Crippen LogP contribution in [0.4, 0.5) is 0 Å². The zero-order chi connectivity index (χ0) is 17.3. The standard InChI is InChI=1S/C21H32O2/c1-20(2,3)18-11-9-16(10-12-18)17-8-6-7-15(13-17)14-21(4,5)19(22)23/h6-8,13,16,18H,9-12,14H2,1-5H3,(H,22,23). The molecule has 0 aromatic heterocycles. The summed E-state index contributed by atoms with van der Waals surface area (Å²) in [5.41, 5.74) is 2.25. The zero-order valence-corrected chi connectivity index (χ0v) is 15.4. The second-order valence-corrected chi connectivity index (χ2v) is 9.03. The van der Waals surface area contributed by atoms with Crippen LogP contribution in [0.1, 0.15) is 77.3 Å². The van der Waals surface area contributed by atoms with Gasteiger partial charge in [-0.25, -0.2) is 0 Å². The smallest absolute Gasteiger partial charge is 0.309 e. The molecule has 0 spiro atoms. The van der Waals surface area contributed by atoms with Crippen LogP contribution < -0.4 is 0 Å². The quantitative estimate of drug-likeness (QED) is 0.778. The molecule has 2 heteroatoms. The number of hydrogen-bond donors (Lipinski definition) is 1. The number of hydrogen-bond acceptors (Lipinski definition) is 1. The van der Waals surface area contributed by atoms with Gasteiger partial charge in [0.1, 0.15) is 0 Å². The fourth-order valence-electron chi connectivity index (χ4n) is 3.84. The van der Waals surface area contributed by atoms with Crippen molar-refractivity contribution < 1.29 is 9.90 Å². The van der Waals surface area contributed by atoms with E-state index in [0.29, 0.717) is 17.8 Å². The van der Waals surface area contributed by atoms with Crippen molar-refractivity contribution in [3.63, 3.8) is 0 Å². The fraction of sp³-hybridized carbons (Fsp3) is 0.667. The molecule has 0 atom stereocenters. The normalized spacial score (nSPS) is 22.8. The highest BCUT2D eigenvalue weighted by atomic mass is 16.4. The molecule has 2 nitrogen and oxygen atoms in total. The second kappa shape index (κ2) is 6.67. The Balaban J connectivity index is 2.05. The zero-order valence-electron chi connectivity index (χ0n) is 15.4. The Hall–Kier alpha value is -1.31. The Morgan fingerprint density at radius 3 is 2.22 bits per heavy atom. The first-order valence-corrected chi connectivity index (χ1v) is 8.92. The number of carboxylic acid groups (broad SMARTS) is 1. The van der Waals surface area contributed by atoms with Gasteiger partial charge in [-0.2, -0.15) is 0 Å². The van der Waals surface area contributed by atoms with E-state index in [9.17, 15) is 9.90 Å². The molecule has 0 saturated heterocycles. The Bertz CT molecular complexity index is 543. The van der Waals surface area contributed by atoms with Gasteiger partial charge in [-0.3, -0.25) is 4.79 Å². The Labute approximate surface area is 141 Å². The maximum Gasteiger partial charge on any atom is 0.309 e. The average molecular weight is 316 g/mol. The molecule has 128 valence electrons. The Morgan fingerprint density at radius 2 is 1.70 bits per heavy atom. The van der Waals surface area contributed by atoms with Crippen molar-refractivity contribution in [2.24, 2.45) is 16.7 Å². The van der Waals surface area contributed by atoms with E-state index in [2.05, 4.69) is 45.0 Å². The van der Waals surface area contributed by atoms with E-state index in [4.69, 9.17) is 0 Å². The van der Waals surface area contributed by atoms with Crippen LogP contribution in [0.3, 0.4) is 0 Å². The molecule has 1 aromatic carbocycles. The van der Waals surface area contributed by atoms with Crippen molar-refractivity contribution in [3.05, 3.63) is 35.4 Å². The molecule has 1 N–H and O–H groups in total. The number of carbonyl (C=O) groups is 1. The minimum absolute atomic E-state index is 0.415. The molecular weight excluding hydrogens is 284 g/mol. The molecule has 0 unspecified atom stereocenters. The number of rotatable bonds is 4. The van der Waals surface area contributed by atoms with E-state index in [-0.39, 0.29) is 0 Å². The number of benzene rings is 1. The predicted octanol–water partition coefficient (Wildman–Crippen LogP) is 5.66. The Kier molecular flexibility index (Phi) is 5.23. The predicted molar refractivity (Wildman–Crippen MR) is 95.7 cm³/mol. The van der Waals surface area contributed by atoms with Gasteiger partial charge < -0.3 is 5.11 Å².